The van der Waals surface area contributed by atoms with Crippen molar-refractivity contribution in [2.75, 3.05) is 0 Å². The molecule has 2 heteroatoms. The Morgan fingerprint density at radius 1 is 1.28 bits per heavy atom. The topological polar surface area (TPSA) is 26.3 Å². The van der Waals surface area contributed by atoms with Crippen LogP contribution in [0.2, 0.25) is 0 Å². The molecule has 1 aromatic rings. The molecule has 0 radical (unpaired) electrons. The molecule has 0 bridgehead atoms. The summed E-state index contributed by atoms with van der Waals surface area (Å²) >= 11 is 0. The van der Waals surface area contributed by atoms with Crippen LogP contribution in [0.3, 0.4) is 0 Å². The van der Waals surface area contributed by atoms with Gasteiger partial charge in [0.25, 0.3) is 0 Å². The molecule has 98 valence electrons. The molecule has 18 heavy (non-hydrogen) atoms. The van der Waals surface area contributed by atoms with Crippen molar-refractivity contribution in [1.29, 1.82) is 0 Å². The van der Waals surface area contributed by atoms with E-state index in [0.717, 1.165) is 5.75 Å². The van der Waals surface area contributed by atoms with Crippen LogP contribution in [0.4, 0.5) is 0 Å². The number of ether oxygens (including phenoxy) is 1. The van der Waals surface area contributed by atoms with Crippen molar-refractivity contribution in [2.24, 2.45) is 5.41 Å². The number of carbonyl (C=O) groups excluding carboxylic acids is 1. The van der Waals surface area contributed by atoms with Crippen LogP contribution in [-0.4, -0.2) is 11.9 Å². The Hall–Kier alpha value is -1.31. The van der Waals surface area contributed by atoms with Gasteiger partial charge in [-0.2, -0.15) is 0 Å². The Balaban J connectivity index is 2.14. The highest BCUT2D eigenvalue weighted by atomic mass is 16.5. The monoisotopic (exact) mass is 246 g/mol. The van der Waals surface area contributed by atoms with Crippen LogP contribution in [-0.2, 0) is 10.2 Å². The van der Waals surface area contributed by atoms with Crippen LogP contribution >= 0.6 is 0 Å². The number of carbonyl (C=O) groups is 1. The van der Waals surface area contributed by atoms with Crippen LogP contribution in [0.1, 0.15) is 46.6 Å². The molecular weight excluding hydrogens is 224 g/mol. The van der Waals surface area contributed by atoms with Gasteiger partial charge in [-0.15, -0.1) is 0 Å². The summed E-state index contributed by atoms with van der Waals surface area (Å²) < 4.78 is 5.95. The van der Waals surface area contributed by atoms with E-state index in [2.05, 4.69) is 32.9 Å². The Kier molecular flexibility index (Phi) is 3.00. The van der Waals surface area contributed by atoms with Gasteiger partial charge in [0, 0.05) is 6.42 Å². The first-order chi connectivity index (χ1) is 8.21. The molecule has 1 fully saturated rings. The lowest BCUT2D eigenvalue weighted by molar-refractivity contribution is -0.148. The van der Waals surface area contributed by atoms with Crippen molar-refractivity contribution >= 4 is 5.78 Å². The maximum atomic E-state index is 11.5. The standard InChI is InChI=1S/C16H22O2/c1-15(2,3)11-7-6-8-12(9-11)18-14-10-13(17)16(14,4)5/h6-9,14H,10H2,1-5H3. The largest absolute Gasteiger partial charge is 0.489 e. The van der Waals surface area contributed by atoms with E-state index in [1.165, 1.54) is 5.56 Å². The van der Waals surface area contributed by atoms with E-state index in [-0.39, 0.29) is 16.9 Å². The summed E-state index contributed by atoms with van der Waals surface area (Å²) in [7, 11) is 0. The zero-order valence-corrected chi connectivity index (χ0v) is 11.9. The first-order valence-corrected chi connectivity index (χ1v) is 6.52. The van der Waals surface area contributed by atoms with Gasteiger partial charge < -0.3 is 4.74 Å². The third-order valence-electron chi connectivity index (χ3n) is 3.87. The van der Waals surface area contributed by atoms with Crippen LogP contribution in [0.25, 0.3) is 0 Å². The maximum absolute atomic E-state index is 11.5. The second kappa shape index (κ2) is 4.11. The second-order valence-corrected chi connectivity index (χ2v) is 6.73. The molecule has 0 aliphatic heterocycles. The summed E-state index contributed by atoms with van der Waals surface area (Å²) in [5, 5.41) is 0. The number of Topliss-reactive ketones (excluding diaryl/α,β-unsaturated/α-hetero) is 1. The number of hydrogen-bond donors (Lipinski definition) is 0. The summed E-state index contributed by atoms with van der Waals surface area (Å²) in [4.78, 5) is 11.5. The van der Waals surface area contributed by atoms with Gasteiger partial charge in [-0.1, -0.05) is 32.9 Å². The highest BCUT2D eigenvalue weighted by molar-refractivity contribution is 5.91. The fourth-order valence-electron chi connectivity index (χ4n) is 2.12. The third-order valence-corrected chi connectivity index (χ3v) is 3.87. The molecule has 2 rings (SSSR count). The van der Waals surface area contributed by atoms with Gasteiger partial charge in [-0.25, -0.2) is 0 Å². The van der Waals surface area contributed by atoms with E-state index >= 15 is 0 Å². The Morgan fingerprint density at radius 2 is 1.94 bits per heavy atom. The average molecular weight is 246 g/mol. The van der Waals surface area contributed by atoms with Gasteiger partial charge in [-0.3, -0.25) is 4.79 Å². The average Bonchev–Trinajstić information content (AvgIpc) is 2.28. The first-order valence-electron chi connectivity index (χ1n) is 6.52. The molecule has 0 aromatic heterocycles. The van der Waals surface area contributed by atoms with Gasteiger partial charge >= 0.3 is 0 Å². The molecular formula is C16H22O2. The van der Waals surface area contributed by atoms with Crippen molar-refractivity contribution in [2.45, 2.75) is 52.6 Å². The lowest BCUT2D eigenvalue weighted by Gasteiger charge is -2.42. The number of benzene rings is 1. The molecule has 0 saturated heterocycles. The van der Waals surface area contributed by atoms with Crippen molar-refractivity contribution in [3.8, 4) is 5.75 Å². The Morgan fingerprint density at radius 3 is 2.44 bits per heavy atom. The zero-order valence-electron chi connectivity index (χ0n) is 11.9. The molecule has 1 atom stereocenters. The van der Waals surface area contributed by atoms with E-state index in [1.807, 2.05) is 26.0 Å². The first kappa shape index (κ1) is 13.1. The minimum atomic E-state index is -0.336. The van der Waals surface area contributed by atoms with E-state index in [0.29, 0.717) is 12.2 Å². The van der Waals surface area contributed by atoms with Gasteiger partial charge in [0.05, 0.1) is 5.41 Å². The van der Waals surface area contributed by atoms with Gasteiger partial charge in [0.1, 0.15) is 17.6 Å². The van der Waals surface area contributed by atoms with E-state index in [4.69, 9.17) is 4.74 Å². The summed E-state index contributed by atoms with van der Waals surface area (Å²) in [5.74, 6) is 1.16. The smallest absolute Gasteiger partial charge is 0.145 e. The fourth-order valence-corrected chi connectivity index (χ4v) is 2.12. The SMILES string of the molecule is CC(C)(C)c1cccc(OC2CC(=O)C2(C)C)c1. The molecule has 1 aromatic carbocycles. The molecule has 2 nitrogen and oxygen atoms in total. The maximum Gasteiger partial charge on any atom is 0.145 e. The minimum absolute atomic E-state index is 0.0141. The predicted molar refractivity (Wildman–Crippen MR) is 73.0 cm³/mol. The predicted octanol–water partition coefficient (Wildman–Crippen LogP) is 3.73. The molecule has 1 aliphatic rings. The van der Waals surface area contributed by atoms with Gasteiger partial charge in [0.15, 0.2) is 0 Å². The van der Waals surface area contributed by atoms with E-state index in [1.54, 1.807) is 0 Å². The van der Waals surface area contributed by atoms with Crippen LogP contribution < -0.4 is 4.74 Å². The normalized spacial score (nSPS) is 22.5. The molecule has 0 heterocycles. The van der Waals surface area contributed by atoms with Crippen molar-refractivity contribution in [1.82, 2.24) is 0 Å². The van der Waals surface area contributed by atoms with Crippen molar-refractivity contribution in [3.05, 3.63) is 29.8 Å². The summed E-state index contributed by atoms with van der Waals surface area (Å²) in [5.41, 5.74) is 1.03. The summed E-state index contributed by atoms with van der Waals surface area (Å²) in [6.07, 6.45) is 0.549. The quantitative estimate of drug-likeness (QED) is 0.794. The minimum Gasteiger partial charge on any atom is -0.489 e. The van der Waals surface area contributed by atoms with E-state index < -0.39 is 0 Å². The molecule has 0 spiro atoms. The molecule has 1 unspecified atom stereocenters. The van der Waals surface area contributed by atoms with Crippen molar-refractivity contribution in [3.63, 3.8) is 0 Å². The van der Waals surface area contributed by atoms with Crippen LogP contribution in [0.15, 0.2) is 24.3 Å². The summed E-state index contributed by atoms with van der Waals surface area (Å²) in [6, 6.07) is 8.18. The highest BCUT2D eigenvalue weighted by Gasteiger charge is 2.49. The summed E-state index contributed by atoms with van der Waals surface area (Å²) in [6.45, 7) is 10.5. The Bertz CT molecular complexity index is 466. The molecule has 1 aliphatic carbocycles. The lowest BCUT2D eigenvalue weighted by Crippen LogP contribution is -2.52. The van der Waals surface area contributed by atoms with Gasteiger partial charge in [-0.05, 0) is 37.0 Å². The van der Waals surface area contributed by atoms with Crippen LogP contribution in [0.5, 0.6) is 5.75 Å². The van der Waals surface area contributed by atoms with Gasteiger partial charge in [0.2, 0.25) is 0 Å². The number of ketones is 1. The van der Waals surface area contributed by atoms with Crippen molar-refractivity contribution < 1.29 is 9.53 Å². The molecule has 1 saturated carbocycles. The highest BCUT2D eigenvalue weighted by Crippen LogP contribution is 2.39. The number of hydrogen-bond acceptors (Lipinski definition) is 2. The fraction of sp³-hybridized carbons (Fsp3) is 0.562. The number of rotatable bonds is 2. The lowest BCUT2D eigenvalue weighted by atomic mass is 9.68. The van der Waals surface area contributed by atoms with Crippen LogP contribution in [0, 0.1) is 5.41 Å². The molecule has 0 N–H and O–H groups in total. The third kappa shape index (κ3) is 2.29. The zero-order chi connectivity index (χ0) is 13.6. The molecule has 0 amide bonds. The van der Waals surface area contributed by atoms with E-state index in [9.17, 15) is 4.79 Å². The second-order valence-electron chi connectivity index (χ2n) is 6.73. The Labute approximate surface area is 109 Å².